The Bertz CT molecular complexity index is 621. The van der Waals surface area contributed by atoms with Crippen molar-refractivity contribution in [1.82, 2.24) is 15.1 Å². The molecular formula is C22H37N5O. The van der Waals surface area contributed by atoms with Gasteiger partial charge in [0, 0.05) is 64.6 Å². The first-order chi connectivity index (χ1) is 13.7. The molecule has 0 aromatic heterocycles. The smallest absolute Gasteiger partial charge is 0.194 e. The predicted octanol–water partition coefficient (Wildman–Crippen LogP) is 2.05. The molecule has 0 radical (unpaired) electrons. The number of piperazine rings is 1. The third-order valence-electron chi connectivity index (χ3n) is 5.51. The van der Waals surface area contributed by atoms with Crippen LogP contribution in [0, 0.1) is 12.8 Å². The first-order valence-corrected chi connectivity index (χ1v) is 10.8. The molecule has 1 unspecified atom stereocenters. The fourth-order valence-electron chi connectivity index (χ4n) is 3.95. The average molecular weight is 388 g/mol. The van der Waals surface area contributed by atoms with Gasteiger partial charge in [-0.25, -0.2) is 0 Å². The molecule has 1 atom stereocenters. The van der Waals surface area contributed by atoms with Gasteiger partial charge in [-0.1, -0.05) is 19.1 Å². The zero-order valence-corrected chi connectivity index (χ0v) is 17.9. The van der Waals surface area contributed by atoms with Crippen molar-refractivity contribution in [2.75, 3.05) is 77.0 Å². The Morgan fingerprint density at radius 1 is 1.14 bits per heavy atom. The van der Waals surface area contributed by atoms with E-state index in [0.717, 1.165) is 78.1 Å². The maximum absolute atomic E-state index is 5.45. The molecule has 2 fully saturated rings. The highest BCUT2D eigenvalue weighted by Gasteiger charge is 2.20. The van der Waals surface area contributed by atoms with E-state index in [4.69, 9.17) is 9.73 Å². The SMILES string of the molecule is CCNC(=NCC(C)CN1CCOCC1)N1CCN(c2cccc(C)c2)CC1. The Kier molecular flexibility index (Phi) is 7.98. The Hall–Kier alpha value is -1.79. The standard InChI is InChI=1S/C22H37N5O/c1-4-23-22(24-17-20(3)18-25-12-14-28-15-13-25)27-10-8-26(9-11-27)21-7-5-6-19(2)16-21/h5-7,16,20H,4,8-15,17-18H2,1-3H3,(H,23,24). The molecule has 1 aromatic rings. The molecule has 1 aromatic carbocycles. The molecule has 6 nitrogen and oxygen atoms in total. The number of hydrogen-bond acceptors (Lipinski definition) is 4. The molecule has 0 aliphatic carbocycles. The number of ether oxygens (including phenoxy) is 1. The molecule has 0 saturated carbocycles. The molecule has 1 N–H and O–H groups in total. The summed E-state index contributed by atoms with van der Waals surface area (Å²) in [5, 5.41) is 3.50. The van der Waals surface area contributed by atoms with Crippen LogP contribution < -0.4 is 10.2 Å². The van der Waals surface area contributed by atoms with Gasteiger partial charge in [0.15, 0.2) is 5.96 Å². The minimum absolute atomic E-state index is 0.556. The van der Waals surface area contributed by atoms with Gasteiger partial charge in [-0.3, -0.25) is 9.89 Å². The monoisotopic (exact) mass is 387 g/mol. The number of benzene rings is 1. The fraction of sp³-hybridized carbons (Fsp3) is 0.682. The largest absolute Gasteiger partial charge is 0.379 e. The lowest BCUT2D eigenvalue weighted by atomic mass is 10.1. The predicted molar refractivity (Wildman–Crippen MR) is 117 cm³/mol. The topological polar surface area (TPSA) is 43.3 Å². The number of anilines is 1. The fourth-order valence-corrected chi connectivity index (χ4v) is 3.95. The third-order valence-corrected chi connectivity index (χ3v) is 5.51. The van der Waals surface area contributed by atoms with Crippen molar-refractivity contribution in [3.63, 3.8) is 0 Å². The van der Waals surface area contributed by atoms with Crippen LogP contribution in [0.3, 0.4) is 0 Å². The summed E-state index contributed by atoms with van der Waals surface area (Å²) in [7, 11) is 0. The second-order valence-electron chi connectivity index (χ2n) is 8.03. The third kappa shape index (κ3) is 6.11. The first kappa shape index (κ1) is 20.9. The van der Waals surface area contributed by atoms with Crippen LogP contribution in [0.2, 0.25) is 0 Å². The molecule has 3 rings (SSSR count). The molecule has 0 bridgehead atoms. The van der Waals surface area contributed by atoms with E-state index in [1.165, 1.54) is 11.3 Å². The number of guanidine groups is 1. The van der Waals surface area contributed by atoms with E-state index < -0.39 is 0 Å². The van der Waals surface area contributed by atoms with E-state index in [1.54, 1.807) is 0 Å². The minimum Gasteiger partial charge on any atom is -0.379 e. The molecule has 2 heterocycles. The van der Waals surface area contributed by atoms with E-state index in [1.807, 2.05) is 0 Å². The van der Waals surface area contributed by atoms with Gasteiger partial charge < -0.3 is 19.9 Å². The summed E-state index contributed by atoms with van der Waals surface area (Å²) in [4.78, 5) is 12.4. The van der Waals surface area contributed by atoms with Crippen molar-refractivity contribution in [2.45, 2.75) is 20.8 Å². The molecule has 2 aliphatic rings. The van der Waals surface area contributed by atoms with E-state index >= 15 is 0 Å². The van der Waals surface area contributed by atoms with Crippen LogP contribution in [0.4, 0.5) is 5.69 Å². The van der Waals surface area contributed by atoms with Crippen LogP contribution in [0.25, 0.3) is 0 Å². The van der Waals surface area contributed by atoms with Crippen LogP contribution in [0.5, 0.6) is 0 Å². The maximum atomic E-state index is 5.45. The van der Waals surface area contributed by atoms with Crippen molar-refractivity contribution in [3.05, 3.63) is 29.8 Å². The van der Waals surface area contributed by atoms with Gasteiger partial charge >= 0.3 is 0 Å². The van der Waals surface area contributed by atoms with E-state index in [9.17, 15) is 0 Å². The second kappa shape index (κ2) is 10.7. The summed E-state index contributed by atoms with van der Waals surface area (Å²) in [6.45, 7) is 17.4. The van der Waals surface area contributed by atoms with Gasteiger partial charge in [0.1, 0.15) is 0 Å². The summed E-state index contributed by atoms with van der Waals surface area (Å²) in [5.41, 5.74) is 2.66. The lowest BCUT2D eigenvalue weighted by Crippen LogP contribution is -2.52. The number of aliphatic imine (C=N–C) groups is 1. The Balaban J connectivity index is 1.51. The highest BCUT2D eigenvalue weighted by Crippen LogP contribution is 2.18. The number of morpholine rings is 1. The van der Waals surface area contributed by atoms with Crippen molar-refractivity contribution >= 4 is 11.6 Å². The zero-order chi connectivity index (χ0) is 19.8. The highest BCUT2D eigenvalue weighted by molar-refractivity contribution is 5.80. The van der Waals surface area contributed by atoms with Crippen LogP contribution in [-0.4, -0.2) is 87.9 Å². The molecule has 156 valence electrons. The van der Waals surface area contributed by atoms with Crippen LogP contribution in [0.1, 0.15) is 19.4 Å². The van der Waals surface area contributed by atoms with E-state index in [2.05, 4.69) is 65.1 Å². The molecule has 6 heteroatoms. The normalized spacial score (nSPS) is 20.3. The Morgan fingerprint density at radius 2 is 1.89 bits per heavy atom. The van der Waals surface area contributed by atoms with Crippen molar-refractivity contribution < 1.29 is 4.74 Å². The van der Waals surface area contributed by atoms with E-state index in [-0.39, 0.29) is 0 Å². The quantitative estimate of drug-likeness (QED) is 0.598. The van der Waals surface area contributed by atoms with E-state index in [0.29, 0.717) is 5.92 Å². The molecule has 2 aliphatic heterocycles. The summed E-state index contributed by atoms with van der Waals surface area (Å²) in [6.07, 6.45) is 0. The summed E-state index contributed by atoms with van der Waals surface area (Å²) >= 11 is 0. The molecule has 0 spiro atoms. The van der Waals surface area contributed by atoms with Gasteiger partial charge in [-0.05, 0) is 37.5 Å². The molecule has 28 heavy (non-hydrogen) atoms. The number of aryl methyl sites for hydroxylation is 1. The number of rotatable bonds is 6. The Morgan fingerprint density at radius 3 is 2.57 bits per heavy atom. The van der Waals surface area contributed by atoms with Gasteiger partial charge in [0.05, 0.1) is 13.2 Å². The van der Waals surface area contributed by atoms with Gasteiger partial charge in [-0.2, -0.15) is 0 Å². The first-order valence-electron chi connectivity index (χ1n) is 10.8. The average Bonchev–Trinajstić information content (AvgIpc) is 2.72. The van der Waals surface area contributed by atoms with Crippen LogP contribution in [-0.2, 0) is 4.74 Å². The summed E-state index contributed by atoms with van der Waals surface area (Å²) in [5.74, 6) is 1.63. The highest BCUT2D eigenvalue weighted by atomic mass is 16.5. The van der Waals surface area contributed by atoms with Crippen molar-refractivity contribution in [1.29, 1.82) is 0 Å². The lowest BCUT2D eigenvalue weighted by molar-refractivity contribution is 0.0323. The molecule has 2 saturated heterocycles. The number of nitrogens with zero attached hydrogens (tertiary/aromatic N) is 4. The Labute approximate surface area is 170 Å². The summed E-state index contributed by atoms with van der Waals surface area (Å²) in [6, 6.07) is 8.81. The van der Waals surface area contributed by atoms with Crippen LogP contribution >= 0.6 is 0 Å². The lowest BCUT2D eigenvalue weighted by Gasteiger charge is -2.38. The zero-order valence-electron chi connectivity index (χ0n) is 17.9. The van der Waals surface area contributed by atoms with Crippen LogP contribution in [0.15, 0.2) is 29.3 Å². The van der Waals surface area contributed by atoms with Gasteiger partial charge in [-0.15, -0.1) is 0 Å². The van der Waals surface area contributed by atoms with Crippen molar-refractivity contribution in [3.8, 4) is 0 Å². The minimum atomic E-state index is 0.556. The second-order valence-corrected chi connectivity index (χ2v) is 8.03. The van der Waals surface area contributed by atoms with Gasteiger partial charge in [0.2, 0.25) is 0 Å². The number of nitrogens with one attached hydrogen (secondary N) is 1. The number of hydrogen-bond donors (Lipinski definition) is 1. The van der Waals surface area contributed by atoms with Gasteiger partial charge in [0.25, 0.3) is 0 Å². The maximum Gasteiger partial charge on any atom is 0.194 e. The molecule has 0 amide bonds. The summed E-state index contributed by atoms with van der Waals surface area (Å²) < 4.78 is 5.45. The van der Waals surface area contributed by atoms with Crippen molar-refractivity contribution in [2.24, 2.45) is 10.9 Å². The molecular weight excluding hydrogens is 350 g/mol.